The average molecular weight is 403 g/mol. The summed E-state index contributed by atoms with van der Waals surface area (Å²) >= 11 is 0. The van der Waals surface area contributed by atoms with Crippen LogP contribution in [0.1, 0.15) is 10.4 Å². The number of rotatable bonds is 6. The van der Waals surface area contributed by atoms with E-state index >= 15 is 0 Å². The van der Waals surface area contributed by atoms with Crippen LogP contribution >= 0.6 is 0 Å². The van der Waals surface area contributed by atoms with Crippen LogP contribution < -0.4 is 10.4 Å². The van der Waals surface area contributed by atoms with E-state index in [4.69, 9.17) is 4.74 Å². The molecule has 0 aliphatic heterocycles. The van der Waals surface area contributed by atoms with Crippen molar-refractivity contribution in [3.05, 3.63) is 58.5 Å². The van der Waals surface area contributed by atoms with Gasteiger partial charge in [0.2, 0.25) is 10.0 Å². The number of fused-ring (bicyclic) bond motifs is 1. The molecule has 0 radical (unpaired) electrons. The molecule has 0 aliphatic rings. The summed E-state index contributed by atoms with van der Waals surface area (Å²) in [5, 5.41) is 0. The van der Waals surface area contributed by atoms with E-state index in [9.17, 15) is 18.0 Å². The van der Waals surface area contributed by atoms with Crippen molar-refractivity contribution in [2.75, 3.05) is 20.7 Å². The highest BCUT2D eigenvalue weighted by molar-refractivity contribution is 7.89. The number of hydrogen-bond donors (Lipinski definition) is 0. The standard InChI is InChI=1S/C19H21N3O5S/c1-20(12-18(23)13-5-7-14(27-4)8-6-13)28(25,26)15-9-10-16-17(11-15)22(3)19(24)21(16)2/h5-11H,12H2,1-4H3. The van der Waals surface area contributed by atoms with Gasteiger partial charge in [-0.25, -0.2) is 13.2 Å². The molecule has 0 unspecified atom stereocenters. The zero-order chi connectivity index (χ0) is 20.6. The Balaban J connectivity index is 1.89. The van der Waals surface area contributed by atoms with E-state index in [1.165, 1.54) is 35.4 Å². The first-order valence-electron chi connectivity index (χ1n) is 8.46. The van der Waals surface area contributed by atoms with Crippen molar-refractivity contribution in [2.24, 2.45) is 14.1 Å². The molecule has 1 heterocycles. The predicted molar refractivity (Wildman–Crippen MR) is 105 cm³/mol. The summed E-state index contributed by atoms with van der Waals surface area (Å²) in [6, 6.07) is 10.9. The quantitative estimate of drug-likeness (QED) is 0.580. The molecule has 1 aromatic heterocycles. The summed E-state index contributed by atoms with van der Waals surface area (Å²) in [6.45, 7) is -0.305. The van der Waals surface area contributed by atoms with Crippen molar-refractivity contribution in [2.45, 2.75) is 4.90 Å². The second-order valence-electron chi connectivity index (χ2n) is 6.46. The maximum Gasteiger partial charge on any atom is 0.328 e. The summed E-state index contributed by atoms with van der Waals surface area (Å²) in [6.07, 6.45) is 0. The fourth-order valence-electron chi connectivity index (χ4n) is 2.98. The zero-order valence-electron chi connectivity index (χ0n) is 16.0. The monoisotopic (exact) mass is 403 g/mol. The minimum absolute atomic E-state index is 0.0197. The highest BCUT2D eigenvalue weighted by atomic mass is 32.2. The molecule has 0 amide bonds. The van der Waals surface area contributed by atoms with Crippen LogP contribution in [0, 0.1) is 0 Å². The highest BCUT2D eigenvalue weighted by Gasteiger charge is 2.24. The van der Waals surface area contributed by atoms with Gasteiger partial charge < -0.3 is 4.74 Å². The van der Waals surface area contributed by atoms with E-state index in [2.05, 4.69) is 0 Å². The van der Waals surface area contributed by atoms with Crippen molar-refractivity contribution in [3.8, 4) is 5.75 Å². The van der Waals surface area contributed by atoms with Crippen molar-refractivity contribution >= 4 is 26.8 Å². The van der Waals surface area contributed by atoms with Gasteiger partial charge in [0.25, 0.3) is 0 Å². The first kappa shape index (κ1) is 19.8. The lowest BCUT2D eigenvalue weighted by Crippen LogP contribution is -2.32. The lowest BCUT2D eigenvalue weighted by molar-refractivity contribution is 0.0973. The summed E-state index contributed by atoms with van der Waals surface area (Å²) < 4.78 is 34.7. The number of sulfonamides is 1. The van der Waals surface area contributed by atoms with Gasteiger partial charge in [0.1, 0.15) is 5.75 Å². The van der Waals surface area contributed by atoms with E-state index < -0.39 is 10.0 Å². The third kappa shape index (κ3) is 3.34. The van der Waals surface area contributed by atoms with Gasteiger partial charge in [-0.1, -0.05) is 0 Å². The van der Waals surface area contributed by atoms with Gasteiger partial charge in [-0.15, -0.1) is 0 Å². The normalized spacial score (nSPS) is 11.9. The van der Waals surface area contributed by atoms with E-state index in [0.717, 1.165) is 4.31 Å². The fourth-order valence-corrected chi connectivity index (χ4v) is 4.13. The molecule has 148 valence electrons. The molecule has 0 N–H and O–H groups in total. The van der Waals surface area contributed by atoms with Gasteiger partial charge in [0.05, 0.1) is 29.6 Å². The molecule has 0 atom stereocenters. The molecule has 0 aliphatic carbocycles. The summed E-state index contributed by atoms with van der Waals surface area (Å²) in [5.74, 6) is 0.279. The van der Waals surface area contributed by atoms with Crippen LogP contribution in [0.5, 0.6) is 5.75 Å². The highest BCUT2D eigenvalue weighted by Crippen LogP contribution is 2.21. The molecular weight excluding hydrogens is 382 g/mol. The summed E-state index contributed by atoms with van der Waals surface area (Å²) in [5.41, 5.74) is 1.28. The Morgan fingerprint density at radius 2 is 1.64 bits per heavy atom. The number of imidazole rings is 1. The largest absolute Gasteiger partial charge is 0.497 e. The fraction of sp³-hybridized carbons (Fsp3) is 0.263. The maximum atomic E-state index is 12.9. The number of ketones is 1. The number of ether oxygens (including phenoxy) is 1. The van der Waals surface area contributed by atoms with Crippen LogP contribution in [0.3, 0.4) is 0 Å². The van der Waals surface area contributed by atoms with Crippen LogP contribution in [-0.2, 0) is 24.1 Å². The zero-order valence-corrected chi connectivity index (χ0v) is 16.9. The first-order chi connectivity index (χ1) is 13.2. The number of likely N-dealkylation sites (N-methyl/N-ethyl adjacent to an activating group) is 1. The van der Waals surface area contributed by atoms with Gasteiger partial charge in [-0.2, -0.15) is 4.31 Å². The molecular formula is C19H21N3O5S. The SMILES string of the molecule is COc1ccc(C(=O)CN(C)S(=O)(=O)c2ccc3c(c2)n(C)c(=O)n3C)cc1. The van der Waals surface area contributed by atoms with Gasteiger partial charge in [0.15, 0.2) is 5.78 Å². The second kappa shape index (κ2) is 7.25. The van der Waals surface area contributed by atoms with Crippen molar-refractivity contribution in [1.82, 2.24) is 13.4 Å². The third-order valence-electron chi connectivity index (χ3n) is 4.73. The first-order valence-corrected chi connectivity index (χ1v) is 9.90. The Morgan fingerprint density at radius 3 is 2.25 bits per heavy atom. The number of nitrogens with zero attached hydrogens (tertiary/aromatic N) is 3. The van der Waals surface area contributed by atoms with Gasteiger partial charge >= 0.3 is 5.69 Å². The Morgan fingerprint density at radius 1 is 1.04 bits per heavy atom. The minimum atomic E-state index is -3.90. The molecule has 8 nitrogen and oxygen atoms in total. The molecule has 0 bridgehead atoms. The molecule has 0 spiro atoms. The Labute approximate surface area is 162 Å². The second-order valence-corrected chi connectivity index (χ2v) is 8.51. The number of aromatic nitrogens is 2. The molecule has 3 aromatic rings. The number of benzene rings is 2. The van der Waals surface area contributed by atoms with Crippen molar-refractivity contribution in [1.29, 1.82) is 0 Å². The molecule has 0 saturated heterocycles. The van der Waals surface area contributed by atoms with Crippen LogP contribution in [0.15, 0.2) is 52.2 Å². The smallest absolute Gasteiger partial charge is 0.328 e. The third-order valence-corrected chi connectivity index (χ3v) is 6.53. The van der Waals surface area contributed by atoms with Gasteiger partial charge in [-0.3, -0.25) is 13.9 Å². The Bertz CT molecular complexity index is 1210. The number of carbonyl (C=O) groups excluding carboxylic acids is 1. The van der Waals surface area contributed by atoms with Gasteiger partial charge in [-0.05, 0) is 42.5 Å². The topological polar surface area (TPSA) is 90.6 Å². The van der Waals surface area contributed by atoms with Crippen LogP contribution in [0.4, 0.5) is 0 Å². The minimum Gasteiger partial charge on any atom is -0.497 e. The van der Waals surface area contributed by atoms with Crippen LogP contribution in [-0.4, -0.2) is 48.3 Å². The lowest BCUT2D eigenvalue weighted by atomic mass is 10.1. The number of hydrogen-bond acceptors (Lipinski definition) is 5. The van der Waals surface area contributed by atoms with Gasteiger partial charge in [0, 0.05) is 26.7 Å². The Kier molecular flexibility index (Phi) is 5.14. The van der Waals surface area contributed by atoms with Crippen molar-refractivity contribution in [3.63, 3.8) is 0 Å². The Hall–Kier alpha value is -2.91. The maximum absolute atomic E-state index is 12.9. The van der Waals surface area contributed by atoms with E-state index in [0.29, 0.717) is 22.3 Å². The molecule has 3 rings (SSSR count). The number of aryl methyl sites for hydroxylation is 2. The molecule has 0 saturated carbocycles. The van der Waals surface area contributed by atoms with Crippen molar-refractivity contribution < 1.29 is 17.9 Å². The number of Topliss-reactive ketones (excluding diaryl/α,β-unsaturated/α-hetero) is 1. The van der Waals surface area contributed by atoms with E-state index in [1.807, 2.05) is 0 Å². The average Bonchev–Trinajstić information content (AvgIpc) is 2.91. The van der Waals surface area contributed by atoms with Crippen LogP contribution in [0.2, 0.25) is 0 Å². The van der Waals surface area contributed by atoms with Crippen LogP contribution in [0.25, 0.3) is 11.0 Å². The predicted octanol–water partition coefficient (Wildman–Crippen LogP) is 1.39. The molecule has 2 aromatic carbocycles. The number of carbonyl (C=O) groups is 1. The molecule has 0 fully saturated rings. The summed E-state index contributed by atoms with van der Waals surface area (Å²) in [4.78, 5) is 24.5. The molecule has 28 heavy (non-hydrogen) atoms. The number of methoxy groups -OCH3 is 1. The lowest BCUT2D eigenvalue weighted by Gasteiger charge is -2.17. The summed E-state index contributed by atoms with van der Waals surface area (Å²) in [7, 11) is 2.18. The van der Waals surface area contributed by atoms with E-state index in [1.54, 1.807) is 44.4 Å². The molecule has 9 heteroatoms. The van der Waals surface area contributed by atoms with E-state index in [-0.39, 0.29) is 22.9 Å².